The molecule has 0 amide bonds. The van der Waals surface area contributed by atoms with Crippen molar-refractivity contribution in [2.24, 2.45) is 0 Å². The molecule has 0 radical (unpaired) electrons. The van der Waals surface area contributed by atoms with Gasteiger partial charge >= 0.3 is 6.18 Å². The highest BCUT2D eigenvalue weighted by Crippen LogP contribution is 2.29. The van der Waals surface area contributed by atoms with Gasteiger partial charge < -0.3 is 4.98 Å². The summed E-state index contributed by atoms with van der Waals surface area (Å²) in [4.78, 5) is 10.7. The third-order valence-electron chi connectivity index (χ3n) is 3.35. The van der Waals surface area contributed by atoms with Gasteiger partial charge in [-0.05, 0) is 30.3 Å². The van der Waals surface area contributed by atoms with E-state index in [0.29, 0.717) is 11.3 Å². The summed E-state index contributed by atoms with van der Waals surface area (Å²) >= 11 is 0. The van der Waals surface area contributed by atoms with Crippen LogP contribution in [0.15, 0.2) is 36.5 Å². The molecule has 0 saturated heterocycles. The monoisotopic (exact) mass is 303 g/mol. The molecule has 2 N–H and O–H groups in total. The molecule has 110 valence electrons. The molecule has 0 saturated carbocycles. The Morgan fingerprint density at radius 2 is 1.77 bits per heavy atom. The zero-order chi connectivity index (χ0) is 15.3. The van der Waals surface area contributed by atoms with Gasteiger partial charge in [0.1, 0.15) is 11.5 Å². The highest BCUT2D eigenvalue weighted by Gasteiger charge is 2.32. The zero-order valence-electron chi connectivity index (χ0n) is 10.9. The maximum atomic E-state index is 12.7. The van der Waals surface area contributed by atoms with Crippen molar-refractivity contribution in [2.45, 2.75) is 6.18 Å². The second-order valence-electron chi connectivity index (χ2n) is 4.82. The number of pyridine rings is 1. The van der Waals surface area contributed by atoms with E-state index in [1.165, 1.54) is 6.07 Å². The molecule has 5 nitrogen and oxygen atoms in total. The Labute approximate surface area is 121 Å². The lowest BCUT2D eigenvalue weighted by Gasteiger charge is -2.03. The number of nitrogens with zero attached hydrogens (tertiary/aromatic N) is 3. The molecule has 3 heterocycles. The van der Waals surface area contributed by atoms with Crippen LogP contribution in [0.3, 0.4) is 0 Å². The van der Waals surface area contributed by atoms with E-state index in [9.17, 15) is 13.2 Å². The van der Waals surface area contributed by atoms with Crippen LogP contribution in [0.2, 0.25) is 0 Å². The van der Waals surface area contributed by atoms with Crippen LogP contribution < -0.4 is 0 Å². The molecular formula is C14H8F3N5. The molecule has 1 aromatic carbocycles. The molecule has 0 atom stereocenters. The highest BCUT2D eigenvalue weighted by molar-refractivity contribution is 5.84. The predicted molar refractivity (Wildman–Crippen MR) is 74.0 cm³/mol. The summed E-state index contributed by atoms with van der Waals surface area (Å²) in [5.74, 6) is 0.463. The van der Waals surface area contributed by atoms with Crippen molar-refractivity contribution in [3.05, 3.63) is 42.2 Å². The van der Waals surface area contributed by atoms with Crippen LogP contribution in [0.25, 0.3) is 33.5 Å². The first-order valence-electron chi connectivity index (χ1n) is 6.38. The Balaban J connectivity index is 1.84. The van der Waals surface area contributed by atoms with Gasteiger partial charge in [0.2, 0.25) is 0 Å². The van der Waals surface area contributed by atoms with Gasteiger partial charge in [0.15, 0.2) is 5.65 Å². The summed E-state index contributed by atoms with van der Waals surface area (Å²) in [5.41, 5.74) is 1.16. The standard InChI is InChI=1S/C14H8F3N5/c15-14(16,17)11-4-3-10-13(20-11)21-12(19-10)7-1-2-9-8(5-7)6-18-22-9/h1-6H,(H,18,22)(H,19,20,21). The number of halogens is 3. The number of rotatable bonds is 1. The lowest BCUT2D eigenvalue weighted by molar-refractivity contribution is -0.141. The van der Waals surface area contributed by atoms with E-state index in [1.807, 2.05) is 18.2 Å². The number of aromatic amines is 2. The summed E-state index contributed by atoms with van der Waals surface area (Å²) in [6.07, 6.45) is -2.81. The second-order valence-corrected chi connectivity index (χ2v) is 4.82. The number of imidazole rings is 1. The van der Waals surface area contributed by atoms with Crippen molar-refractivity contribution in [3.8, 4) is 11.4 Å². The van der Waals surface area contributed by atoms with Gasteiger partial charge in [0.05, 0.1) is 17.2 Å². The van der Waals surface area contributed by atoms with Gasteiger partial charge in [-0.25, -0.2) is 9.97 Å². The molecule has 3 aromatic heterocycles. The Bertz CT molecular complexity index is 983. The van der Waals surface area contributed by atoms with Crippen LogP contribution in [-0.2, 0) is 6.18 Å². The van der Waals surface area contributed by atoms with Crippen molar-refractivity contribution in [2.75, 3.05) is 0 Å². The van der Waals surface area contributed by atoms with Crippen molar-refractivity contribution < 1.29 is 13.2 Å². The van der Waals surface area contributed by atoms with Gasteiger partial charge in [0.25, 0.3) is 0 Å². The molecule has 8 heteroatoms. The SMILES string of the molecule is FC(F)(F)c1ccc2[nH]c(-c3ccc4[nH]ncc4c3)nc2n1. The van der Waals surface area contributed by atoms with E-state index in [0.717, 1.165) is 22.5 Å². The van der Waals surface area contributed by atoms with Gasteiger partial charge in [-0.15, -0.1) is 0 Å². The van der Waals surface area contributed by atoms with Crippen LogP contribution in [0.4, 0.5) is 13.2 Å². The van der Waals surface area contributed by atoms with E-state index in [-0.39, 0.29) is 5.65 Å². The number of alkyl halides is 3. The molecule has 0 fully saturated rings. The lowest BCUT2D eigenvalue weighted by atomic mass is 10.1. The first-order valence-corrected chi connectivity index (χ1v) is 6.38. The first-order chi connectivity index (χ1) is 10.5. The number of H-pyrrole nitrogens is 2. The van der Waals surface area contributed by atoms with Crippen LogP contribution in [-0.4, -0.2) is 25.1 Å². The van der Waals surface area contributed by atoms with Crippen LogP contribution in [0, 0.1) is 0 Å². The smallest absolute Gasteiger partial charge is 0.337 e. The van der Waals surface area contributed by atoms with Gasteiger partial charge in [-0.1, -0.05) is 0 Å². The Morgan fingerprint density at radius 1 is 0.955 bits per heavy atom. The minimum Gasteiger partial charge on any atom is -0.337 e. The Kier molecular flexibility index (Phi) is 2.50. The molecule has 0 unspecified atom stereocenters. The normalized spacial score (nSPS) is 12.3. The van der Waals surface area contributed by atoms with E-state index in [2.05, 4.69) is 25.1 Å². The fourth-order valence-electron chi connectivity index (χ4n) is 2.28. The molecule has 0 spiro atoms. The zero-order valence-corrected chi connectivity index (χ0v) is 10.9. The third kappa shape index (κ3) is 2.00. The van der Waals surface area contributed by atoms with Crippen molar-refractivity contribution >= 4 is 22.1 Å². The number of nitrogens with one attached hydrogen (secondary N) is 2. The molecule has 22 heavy (non-hydrogen) atoms. The third-order valence-corrected chi connectivity index (χ3v) is 3.35. The maximum Gasteiger partial charge on any atom is 0.433 e. The fourth-order valence-corrected chi connectivity index (χ4v) is 2.28. The topological polar surface area (TPSA) is 70.2 Å². The van der Waals surface area contributed by atoms with E-state index < -0.39 is 11.9 Å². The number of aromatic nitrogens is 5. The number of fused-ring (bicyclic) bond motifs is 2. The van der Waals surface area contributed by atoms with Gasteiger partial charge in [0, 0.05) is 10.9 Å². The van der Waals surface area contributed by atoms with Crippen molar-refractivity contribution in [1.29, 1.82) is 0 Å². The lowest BCUT2D eigenvalue weighted by Crippen LogP contribution is -2.07. The van der Waals surface area contributed by atoms with E-state index >= 15 is 0 Å². The molecule has 0 aliphatic carbocycles. The largest absolute Gasteiger partial charge is 0.433 e. The minimum atomic E-state index is -4.48. The van der Waals surface area contributed by atoms with Crippen LogP contribution >= 0.6 is 0 Å². The summed E-state index contributed by atoms with van der Waals surface area (Å²) in [6, 6.07) is 7.76. The van der Waals surface area contributed by atoms with E-state index in [4.69, 9.17) is 0 Å². The minimum absolute atomic E-state index is 0.0390. The summed E-state index contributed by atoms with van der Waals surface area (Å²) in [5, 5.41) is 7.65. The fraction of sp³-hybridized carbons (Fsp3) is 0.0714. The average molecular weight is 303 g/mol. The summed E-state index contributed by atoms with van der Waals surface area (Å²) in [6.45, 7) is 0. The number of hydrogen-bond acceptors (Lipinski definition) is 3. The second kappa shape index (κ2) is 4.30. The highest BCUT2D eigenvalue weighted by atomic mass is 19.4. The molecular weight excluding hydrogens is 295 g/mol. The Hall–Kier alpha value is -2.90. The first kappa shape index (κ1) is 12.8. The predicted octanol–water partition coefficient (Wildman–Crippen LogP) is 3.52. The van der Waals surface area contributed by atoms with E-state index in [1.54, 1.807) is 6.20 Å². The summed E-state index contributed by atoms with van der Waals surface area (Å²) in [7, 11) is 0. The summed E-state index contributed by atoms with van der Waals surface area (Å²) < 4.78 is 38.0. The quantitative estimate of drug-likeness (QED) is 0.565. The molecule has 0 bridgehead atoms. The van der Waals surface area contributed by atoms with Crippen molar-refractivity contribution in [1.82, 2.24) is 25.1 Å². The number of benzene rings is 1. The molecule has 0 aliphatic heterocycles. The maximum absolute atomic E-state index is 12.7. The van der Waals surface area contributed by atoms with Crippen LogP contribution in [0.1, 0.15) is 5.69 Å². The average Bonchev–Trinajstić information content (AvgIpc) is 3.10. The van der Waals surface area contributed by atoms with Crippen molar-refractivity contribution in [3.63, 3.8) is 0 Å². The molecule has 0 aliphatic rings. The van der Waals surface area contributed by atoms with Crippen LogP contribution in [0.5, 0.6) is 0 Å². The Morgan fingerprint density at radius 3 is 2.59 bits per heavy atom. The molecule has 4 aromatic rings. The van der Waals surface area contributed by atoms with Gasteiger partial charge in [-0.3, -0.25) is 5.10 Å². The molecule has 4 rings (SSSR count). The van der Waals surface area contributed by atoms with Gasteiger partial charge in [-0.2, -0.15) is 18.3 Å². The number of hydrogen-bond donors (Lipinski definition) is 2.